The number of methoxy groups -OCH3 is 1. The van der Waals surface area contributed by atoms with Crippen LogP contribution in [0.5, 0.6) is 5.75 Å². The van der Waals surface area contributed by atoms with Crippen molar-refractivity contribution in [3.63, 3.8) is 0 Å². The van der Waals surface area contributed by atoms with Crippen LogP contribution in [0, 0.1) is 0 Å². The van der Waals surface area contributed by atoms with E-state index in [1.54, 1.807) is 7.11 Å². The minimum absolute atomic E-state index is 0.193. The maximum absolute atomic E-state index is 6.03. The van der Waals surface area contributed by atoms with Gasteiger partial charge in [-0.05, 0) is 16.8 Å². The Morgan fingerprint density at radius 2 is 1.94 bits per heavy atom. The van der Waals surface area contributed by atoms with Gasteiger partial charge in [0.2, 0.25) is 0 Å². The summed E-state index contributed by atoms with van der Waals surface area (Å²) in [5, 5.41) is 2.27. The molecule has 0 bridgehead atoms. The van der Waals surface area contributed by atoms with Crippen LogP contribution < -0.4 is 16.2 Å². The minimum atomic E-state index is -0.193. The first-order chi connectivity index (χ1) is 7.77. The van der Waals surface area contributed by atoms with E-state index < -0.39 is 0 Å². The quantitative estimate of drug-likeness (QED) is 0.822. The lowest BCUT2D eigenvalue weighted by Crippen LogP contribution is -2.21. The highest BCUT2D eigenvalue weighted by Crippen LogP contribution is 2.31. The Morgan fingerprint density at radius 3 is 2.62 bits per heavy atom. The number of ether oxygens (including phenoxy) is 1. The van der Waals surface area contributed by atoms with Gasteiger partial charge in [-0.25, -0.2) is 0 Å². The van der Waals surface area contributed by atoms with Crippen LogP contribution in [0.2, 0.25) is 0 Å². The normalized spacial score (nSPS) is 12.7. The first-order valence-electron chi connectivity index (χ1n) is 5.29. The largest absolute Gasteiger partial charge is 0.496 e. The number of nitrogens with two attached hydrogens (primary N) is 2. The monoisotopic (exact) mass is 216 g/mol. The van der Waals surface area contributed by atoms with Crippen LogP contribution in [-0.2, 0) is 0 Å². The molecule has 0 radical (unpaired) electrons. The van der Waals surface area contributed by atoms with Crippen LogP contribution in [0.15, 0.2) is 36.4 Å². The summed E-state index contributed by atoms with van der Waals surface area (Å²) in [4.78, 5) is 0. The fraction of sp³-hybridized carbons (Fsp3) is 0.231. The van der Waals surface area contributed by atoms with E-state index in [0.717, 1.165) is 22.1 Å². The lowest BCUT2D eigenvalue weighted by molar-refractivity contribution is 0.407. The first-order valence-corrected chi connectivity index (χ1v) is 5.29. The van der Waals surface area contributed by atoms with Crippen LogP contribution >= 0.6 is 0 Å². The Labute approximate surface area is 95.0 Å². The molecule has 0 spiro atoms. The van der Waals surface area contributed by atoms with Gasteiger partial charge in [0.1, 0.15) is 5.75 Å². The van der Waals surface area contributed by atoms with Crippen molar-refractivity contribution in [2.45, 2.75) is 6.04 Å². The highest BCUT2D eigenvalue weighted by Gasteiger charge is 2.13. The zero-order chi connectivity index (χ0) is 11.5. The molecule has 16 heavy (non-hydrogen) atoms. The highest BCUT2D eigenvalue weighted by molar-refractivity contribution is 5.88. The minimum Gasteiger partial charge on any atom is -0.496 e. The van der Waals surface area contributed by atoms with Crippen molar-refractivity contribution in [3.8, 4) is 5.75 Å². The van der Waals surface area contributed by atoms with Crippen molar-refractivity contribution in [2.24, 2.45) is 11.5 Å². The predicted molar refractivity (Wildman–Crippen MR) is 66.5 cm³/mol. The first kappa shape index (κ1) is 10.9. The van der Waals surface area contributed by atoms with Crippen molar-refractivity contribution in [1.82, 2.24) is 0 Å². The Balaban J connectivity index is 2.72. The molecule has 0 fully saturated rings. The Hall–Kier alpha value is -1.58. The average molecular weight is 216 g/mol. The predicted octanol–water partition coefficient (Wildman–Crippen LogP) is 1.81. The van der Waals surface area contributed by atoms with Gasteiger partial charge in [-0.1, -0.05) is 30.3 Å². The summed E-state index contributed by atoms with van der Waals surface area (Å²) >= 11 is 0. The molecule has 2 aromatic rings. The third-order valence-corrected chi connectivity index (χ3v) is 2.78. The van der Waals surface area contributed by atoms with Crippen molar-refractivity contribution < 1.29 is 4.74 Å². The van der Waals surface area contributed by atoms with E-state index >= 15 is 0 Å². The smallest absolute Gasteiger partial charge is 0.124 e. The maximum atomic E-state index is 6.03. The Morgan fingerprint density at radius 1 is 1.19 bits per heavy atom. The molecule has 3 nitrogen and oxygen atoms in total. The van der Waals surface area contributed by atoms with Crippen LogP contribution in [-0.4, -0.2) is 13.7 Å². The molecule has 0 aliphatic rings. The summed E-state index contributed by atoms with van der Waals surface area (Å²) in [5.74, 6) is 0.802. The zero-order valence-electron chi connectivity index (χ0n) is 9.31. The van der Waals surface area contributed by atoms with Crippen LogP contribution in [0.3, 0.4) is 0 Å². The van der Waals surface area contributed by atoms with Gasteiger partial charge in [0.15, 0.2) is 0 Å². The number of hydrogen-bond acceptors (Lipinski definition) is 3. The summed E-state index contributed by atoms with van der Waals surface area (Å²) in [6, 6.07) is 11.9. The van der Waals surface area contributed by atoms with E-state index in [0.29, 0.717) is 6.54 Å². The van der Waals surface area contributed by atoms with E-state index in [4.69, 9.17) is 16.2 Å². The third-order valence-electron chi connectivity index (χ3n) is 2.78. The van der Waals surface area contributed by atoms with Gasteiger partial charge in [-0.2, -0.15) is 0 Å². The average Bonchev–Trinajstić information content (AvgIpc) is 2.36. The second-order valence-electron chi connectivity index (χ2n) is 3.74. The van der Waals surface area contributed by atoms with Crippen LogP contribution in [0.1, 0.15) is 11.6 Å². The molecule has 2 rings (SSSR count). The fourth-order valence-electron chi connectivity index (χ4n) is 1.95. The van der Waals surface area contributed by atoms with Crippen molar-refractivity contribution in [3.05, 3.63) is 42.0 Å². The Kier molecular flexibility index (Phi) is 3.08. The molecule has 2 aromatic carbocycles. The molecule has 0 aliphatic heterocycles. The van der Waals surface area contributed by atoms with Crippen LogP contribution in [0.4, 0.5) is 0 Å². The molecular weight excluding hydrogens is 200 g/mol. The third kappa shape index (κ3) is 1.75. The molecule has 1 atom stereocenters. The van der Waals surface area contributed by atoms with Crippen molar-refractivity contribution in [1.29, 1.82) is 0 Å². The molecule has 0 saturated carbocycles. The summed E-state index contributed by atoms with van der Waals surface area (Å²) < 4.78 is 5.34. The maximum Gasteiger partial charge on any atom is 0.124 e. The second-order valence-corrected chi connectivity index (χ2v) is 3.74. The fourth-order valence-corrected chi connectivity index (χ4v) is 1.95. The highest BCUT2D eigenvalue weighted by atomic mass is 16.5. The summed E-state index contributed by atoms with van der Waals surface area (Å²) in [5.41, 5.74) is 12.7. The molecule has 0 saturated heterocycles. The van der Waals surface area contributed by atoms with Crippen molar-refractivity contribution in [2.75, 3.05) is 13.7 Å². The lowest BCUT2D eigenvalue weighted by Gasteiger charge is -2.16. The van der Waals surface area contributed by atoms with Crippen molar-refractivity contribution >= 4 is 10.8 Å². The molecule has 0 amide bonds. The van der Waals surface area contributed by atoms with Gasteiger partial charge in [-0.15, -0.1) is 0 Å². The van der Waals surface area contributed by atoms with E-state index in [-0.39, 0.29) is 6.04 Å². The number of hydrogen-bond donors (Lipinski definition) is 2. The molecule has 4 N–H and O–H groups in total. The molecule has 0 unspecified atom stereocenters. The number of benzene rings is 2. The van der Waals surface area contributed by atoms with Gasteiger partial charge in [-0.3, -0.25) is 0 Å². The molecule has 0 aromatic heterocycles. The van der Waals surface area contributed by atoms with E-state index in [2.05, 4.69) is 6.07 Å². The van der Waals surface area contributed by atoms with Gasteiger partial charge in [0, 0.05) is 18.2 Å². The second kappa shape index (κ2) is 4.51. The summed E-state index contributed by atoms with van der Waals surface area (Å²) in [6.07, 6.45) is 0. The van der Waals surface area contributed by atoms with Gasteiger partial charge < -0.3 is 16.2 Å². The van der Waals surface area contributed by atoms with Gasteiger partial charge in [0.05, 0.1) is 7.11 Å². The number of fused-ring (bicyclic) bond motifs is 1. The molecule has 0 aliphatic carbocycles. The lowest BCUT2D eigenvalue weighted by atomic mass is 9.98. The summed E-state index contributed by atoms with van der Waals surface area (Å²) in [7, 11) is 1.65. The number of rotatable bonds is 3. The Bertz CT molecular complexity index is 496. The zero-order valence-corrected chi connectivity index (χ0v) is 9.31. The topological polar surface area (TPSA) is 61.3 Å². The summed E-state index contributed by atoms with van der Waals surface area (Å²) in [6.45, 7) is 0.407. The molecule has 84 valence electrons. The molecule has 3 heteroatoms. The standard InChI is InChI=1S/C13H16N2O/c1-16-12-7-6-9-4-2-3-5-10(9)13(12)11(15)8-14/h2-7,11H,8,14-15H2,1H3/t11-/m0/s1. The SMILES string of the molecule is COc1ccc2ccccc2c1[C@@H](N)CN. The van der Waals surface area contributed by atoms with E-state index in [1.807, 2.05) is 30.3 Å². The molecule has 0 heterocycles. The van der Waals surface area contributed by atoms with E-state index in [1.165, 1.54) is 0 Å². The van der Waals surface area contributed by atoms with Gasteiger partial charge >= 0.3 is 0 Å². The van der Waals surface area contributed by atoms with Crippen LogP contribution in [0.25, 0.3) is 10.8 Å². The molecular formula is C13H16N2O. The van der Waals surface area contributed by atoms with E-state index in [9.17, 15) is 0 Å². The van der Waals surface area contributed by atoms with Gasteiger partial charge in [0.25, 0.3) is 0 Å².